The van der Waals surface area contributed by atoms with Crippen LogP contribution >= 0.6 is 15.6 Å². The van der Waals surface area contributed by atoms with E-state index < -0.39 is 89.6 Å². The summed E-state index contributed by atoms with van der Waals surface area (Å²) in [7, 11) is -10.7. The van der Waals surface area contributed by atoms with Gasteiger partial charge in [0.15, 0.2) is 6.10 Å². The van der Waals surface area contributed by atoms with E-state index in [1.807, 2.05) is 61.6 Å². The molecule has 8 N–H and O–H groups in total. The number of allylic oxidation sites excluding steroid dienone is 14. The second-order valence-corrected chi connectivity index (χ2v) is 18.9. The maximum atomic E-state index is 13.0. The van der Waals surface area contributed by atoms with E-state index in [0.29, 0.717) is 32.1 Å². The van der Waals surface area contributed by atoms with Crippen LogP contribution in [0, 0.1) is 0 Å². The summed E-state index contributed by atoms with van der Waals surface area (Å²) >= 11 is 0. The molecule has 0 bridgehead atoms. The standard InChI is InChI=1S/C49H80O17P2/c1-3-5-7-8-9-10-11-12-13-14-15-16-20-23-26-29-32-36-42(51)62-38-41(39-63-68(60,61)66-49-46(55)44(53)45(54)48(47(49)56)65-67(57,58)59)64-43(52)37-33-30-27-24-21-18-17-19-22-25-28-31-35-40(50)34-6-4-2/h6,9-10,12-13,15-18,22,24-25,27-28,31,34,40-41,44-50,53-56H,3-5,7-8,11,14,19-21,23,26,29-30,32-33,35-39H2,1-2H3,(H,60,61)(H2,57,58,59)/b10-9-,13-12-,16-15-,18-17-,25-22-,27-24-,31-28+,34-6-/t40?,41-,44?,45?,46?,47?,48-,49+/m1/s1. The summed E-state index contributed by atoms with van der Waals surface area (Å²) in [5, 5.41) is 51.0. The third-order valence-corrected chi connectivity index (χ3v) is 11.7. The lowest BCUT2D eigenvalue weighted by Crippen LogP contribution is -2.64. The number of esters is 2. The molecule has 0 spiro atoms. The molecule has 1 saturated carbocycles. The molecule has 1 rings (SSSR count). The van der Waals surface area contributed by atoms with E-state index in [0.717, 1.165) is 57.8 Å². The number of phosphoric ester groups is 2. The summed E-state index contributed by atoms with van der Waals surface area (Å²) in [5.41, 5.74) is 0. The van der Waals surface area contributed by atoms with Gasteiger partial charge >= 0.3 is 27.6 Å². The van der Waals surface area contributed by atoms with Crippen molar-refractivity contribution in [3.8, 4) is 0 Å². The number of carbonyl (C=O) groups is 2. The van der Waals surface area contributed by atoms with Crippen LogP contribution in [0.4, 0.5) is 0 Å². The Hall–Kier alpha value is -3.12. The van der Waals surface area contributed by atoms with Gasteiger partial charge < -0.3 is 49.7 Å². The highest BCUT2D eigenvalue weighted by Crippen LogP contribution is 2.49. The fourth-order valence-electron chi connectivity index (χ4n) is 6.50. The van der Waals surface area contributed by atoms with Crippen LogP contribution in [0.5, 0.6) is 0 Å². The lowest BCUT2D eigenvalue weighted by molar-refractivity contribution is -0.216. The Kier molecular flexibility index (Phi) is 35.7. The molecule has 0 aromatic carbocycles. The third kappa shape index (κ3) is 32.6. The minimum absolute atomic E-state index is 0.0630. The number of unbranched alkanes of at least 4 members (excludes halogenated alkanes) is 8. The largest absolute Gasteiger partial charge is 0.472 e. The van der Waals surface area contributed by atoms with Crippen molar-refractivity contribution in [3.05, 3.63) is 97.2 Å². The minimum Gasteiger partial charge on any atom is -0.462 e. The highest BCUT2D eigenvalue weighted by atomic mass is 31.2. The smallest absolute Gasteiger partial charge is 0.462 e. The average Bonchev–Trinajstić information content (AvgIpc) is 3.29. The van der Waals surface area contributed by atoms with E-state index in [2.05, 4.69) is 47.9 Å². The minimum atomic E-state index is -5.38. The molecule has 0 aromatic rings. The highest BCUT2D eigenvalue weighted by Gasteiger charge is 2.54. The van der Waals surface area contributed by atoms with Crippen molar-refractivity contribution < 1.29 is 82.0 Å². The van der Waals surface area contributed by atoms with E-state index >= 15 is 0 Å². The molecule has 0 heterocycles. The zero-order valence-corrected chi connectivity index (χ0v) is 41.6. The van der Waals surface area contributed by atoms with Crippen molar-refractivity contribution in [2.75, 3.05) is 13.2 Å². The zero-order valence-electron chi connectivity index (χ0n) is 39.9. The van der Waals surface area contributed by atoms with Gasteiger partial charge in [-0.25, -0.2) is 9.13 Å². The Balaban J connectivity index is 2.67. The van der Waals surface area contributed by atoms with Gasteiger partial charge in [0.2, 0.25) is 0 Å². The summed E-state index contributed by atoms with van der Waals surface area (Å²) in [6.07, 6.45) is 31.3. The Labute approximate surface area is 403 Å². The molecule has 9 atom stereocenters. The van der Waals surface area contributed by atoms with E-state index in [9.17, 15) is 58.9 Å². The second kappa shape index (κ2) is 38.6. The zero-order chi connectivity index (χ0) is 50.5. The molecule has 68 heavy (non-hydrogen) atoms. The second-order valence-electron chi connectivity index (χ2n) is 16.3. The maximum Gasteiger partial charge on any atom is 0.472 e. The molecule has 1 aliphatic carbocycles. The number of aliphatic hydroxyl groups excluding tert-OH is 5. The Morgan fingerprint density at radius 1 is 0.559 bits per heavy atom. The molecule has 6 unspecified atom stereocenters. The fourth-order valence-corrected chi connectivity index (χ4v) is 8.04. The van der Waals surface area contributed by atoms with Crippen molar-refractivity contribution >= 4 is 27.6 Å². The third-order valence-electron chi connectivity index (χ3n) is 10.2. The molecule has 0 aromatic heterocycles. The van der Waals surface area contributed by atoms with Gasteiger partial charge in [0, 0.05) is 12.8 Å². The topological polar surface area (TPSA) is 276 Å². The van der Waals surface area contributed by atoms with Crippen LogP contribution in [0.2, 0.25) is 0 Å². The van der Waals surface area contributed by atoms with Crippen molar-refractivity contribution in [2.24, 2.45) is 0 Å². The summed E-state index contributed by atoms with van der Waals surface area (Å²) in [6, 6.07) is 0. The summed E-state index contributed by atoms with van der Waals surface area (Å²) < 4.78 is 49.3. The Bertz CT molecular complexity index is 1700. The molecule has 1 aliphatic rings. The molecule has 1 fully saturated rings. The summed E-state index contributed by atoms with van der Waals surface area (Å²) in [5.74, 6) is -1.33. The first-order valence-corrected chi connectivity index (χ1v) is 26.9. The molecule has 0 saturated heterocycles. The molecule has 0 amide bonds. The van der Waals surface area contributed by atoms with Gasteiger partial charge in [-0.1, -0.05) is 137 Å². The van der Waals surface area contributed by atoms with Crippen molar-refractivity contribution in [1.29, 1.82) is 0 Å². The van der Waals surface area contributed by atoms with Crippen LogP contribution < -0.4 is 0 Å². The predicted octanol–water partition coefficient (Wildman–Crippen LogP) is 8.14. The average molecular weight is 1000 g/mol. The van der Waals surface area contributed by atoms with Crippen molar-refractivity contribution in [2.45, 2.75) is 185 Å². The first kappa shape index (κ1) is 62.9. The first-order chi connectivity index (χ1) is 32.5. The lowest BCUT2D eigenvalue weighted by Gasteiger charge is -2.43. The number of carbonyl (C=O) groups excluding carboxylic acids is 2. The Morgan fingerprint density at radius 2 is 1.07 bits per heavy atom. The van der Waals surface area contributed by atoms with Crippen LogP contribution in [-0.2, 0) is 41.8 Å². The SMILES string of the molecule is CC/C=C\C(O)C/C=C/C=C\C/C=C\C/C=C\CCCC(=O)O[C@H](COC(=O)CCCCCC/C=C\C/C=C\C/C=C\CCCCC)COP(=O)(O)O[C@H]1C(O)C(O)C(O)[C@@H](OP(=O)(O)O)C1O. The first-order valence-electron chi connectivity index (χ1n) is 23.9. The molecule has 0 radical (unpaired) electrons. The van der Waals surface area contributed by atoms with Gasteiger partial charge in [-0.05, 0) is 83.5 Å². The number of ether oxygens (including phenoxy) is 2. The Morgan fingerprint density at radius 3 is 1.66 bits per heavy atom. The van der Waals surface area contributed by atoms with Gasteiger partial charge in [0.25, 0.3) is 0 Å². The normalized spacial score (nSPS) is 22.6. The van der Waals surface area contributed by atoms with Crippen LogP contribution in [0.15, 0.2) is 97.2 Å². The number of hydrogen-bond donors (Lipinski definition) is 8. The number of aliphatic hydroxyl groups is 5. The van der Waals surface area contributed by atoms with E-state index in [-0.39, 0.29) is 12.8 Å². The van der Waals surface area contributed by atoms with Crippen molar-refractivity contribution in [3.63, 3.8) is 0 Å². The van der Waals surface area contributed by atoms with Crippen LogP contribution in [0.1, 0.15) is 136 Å². The highest BCUT2D eigenvalue weighted by molar-refractivity contribution is 7.47. The summed E-state index contributed by atoms with van der Waals surface area (Å²) in [6.45, 7) is 2.77. The van der Waals surface area contributed by atoms with Crippen LogP contribution in [0.3, 0.4) is 0 Å². The fraction of sp³-hybridized carbons (Fsp3) is 0.633. The van der Waals surface area contributed by atoms with Gasteiger partial charge in [0.05, 0.1) is 12.7 Å². The van der Waals surface area contributed by atoms with E-state index in [1.54, 1.807) is 6.08 Å². The molecular formula is C49H80O17P2. The number of rotatable bonds is 38. The van der Waals surface area contributed by atoms with E-state index in [4.69, 9.17) is 18.5 Å². The van der Waals surface area contributed by atoms with E-state index in [1.165, 1.54) is 19.3 Å². The molecule has 17 nitrogen and oxygen atoms in total. The maximum absolute atomic E-state index is 13.0. The molecule has 0 aliphatic heterocycles. The van der Waals surface area contributed by atoms with Crippen LogP contribution in [0.25, 0.3) is 0 Å². The van der Waals surface area contributed by atoms with Gasteiger partial charge in [0.1, 0.15) is 43.2 Å². The van der Waals surface area contributed by atoms with Gasteiger partial charge in [-0.2, -0.15) is 0 Å². The van der Waals surface area contributed by atoms with Crippen molar-refractivity contribution in [1.82, 2.24) is 0 Å². The van der Waals surface area contributed by atoms with Gasteiger partial charge in [-0.3, -0.25) is 23.2 Å². The molecule has 388 valence electrons. The summed E-state index contributed by atoms with van der Waals surface area (Å²) in [4.78, 5) is 54.3. The molecular weight excluding hydrogens is 922 g/mol. The lowest BCUT2D eigenvalue weighted by atomic mass is 9.85. The van der Waals surface area contributed by atoms with Crippen LogP contribution in [-0.4, -0.2) is 114 Å². The number of hydrogen-bond acceptors (Lipinski definition) is 14. The predicted molar refractivity (Wildman–Crippen MR) is 261 cm³/mol. The van der Waals surface area contributed by atoms with Gasteiger partial charge in [-0.15, -0.1) is 0 Å². The monoisotopic (exact) mass is 1000 g/mol. The molecule has 19 heteroatoms. The number of phosphoric acid groups is 2. The quantitative estimate of drug-likeness (QED) is 0.00953.